The number of anilines is 1. The van der Waals surface area contributed by atoms with Gasteiger partial charge >= 0.3 is 0 Å². The summed E-state index contributed by atoms with van der Waals surface area (Å²) in [6.07, 6.45) is 1.45. The molecule has 0 spiro atoms. The Hall–Kier alpha value is -2.16. The number of aromatic nitrogens is 2. The summed E-state index contributed by atoms with van der Waals surface area (Å²) in [4.78, 5) is 11.7. The Morgan fingerprint density at radius 2 is 2.00 bits per heavy atom. The second-order valence-corrected chi connectivity index (χ2v) is 4.43. The van der Waals surface area contributed by atoms with E-state index >= 15 is 0 Å². The summed E-state index contributed by atoms with van der Waals surface area (Å²) in [7, 11) is 0. The third kappa shape index (κ3) is 3.44. The van der Waals surface area contributed by atoms with Crippen molar-refractivity contribution in [2.24, 2.45) is 0 Å². The predicted octanol–water partition coefficient (Wildman–Crippen LogP) is 1.41. The van der Waals surface area contributed by atoms with E-state index in [0.717, 1.165) is 17.7 Å². The van der Waals surface area contributed by atoms with Crippen LogP contribution >= 0.6 is 0 Å². The Morgan fingerprint density at radius 1 is 1.30 bits per heavy atom. The van der Waals surface area contributed by atoms with Gasteiger partial charge in [-0.2, -0.15) is 10.4 Å². The molecule has 6 nitrogen and oxygen atoms in total. The first-order valence-corrected chi connectivity index (χ1v) is 6.91. The van der Waals surface area contributed by atoms with Gasteiger partial charge in [-0.05, 0) is 32.3 Å². The van der Waals surface area contributed by atoms with Crippen molar-refractivity contribution in [3.05, 3.63) is 16.8 Å². The van der Waals surface area contributed by atoms with Crippen molar-refractivity contribution in [1.82, 2.24) is 15.5 Å². The first-order chi connectivity index (χ1) is 9.58. The molecule has 108 valence electrons. The highest BCUT2D eigenvalue weighted by Gasteiger charge is 2.18. The highest BCUT2D eigenvalue weighted by Crippen LogP contribution is 2.20. The van der Waals surface area contributed by atoms with E-state index in [1.54, 1.807) is 6.92 Å². The van der Waals surface area contributed by atoms with E-state index < -0.39 is 6.04 Å². The molecule has 0 aliphatic rings. The molecule has 1 atom stereocenters. The Morgan fingerprint density at radius 3 is 2.50 bits per heavy atom. The minimum atomic E-state index is -0.464. The van der Waals surface area contributed by atoms with E-state index in [1.807, 2.05) is 20.8 Å². The van der Waals surface area contributed by atoms with Crippen LogP contribution in [0.25, 0.3) is 0 Å². The zero-order valence-corrected chi connectivity index (χ0v) is 12.4. The van der Waals surface area contributed by atoms with Gasteiger partial charge in [0.1, 0.15) is 17.7 Å². The number of nitrogens with one attached hydrogen (secondary N) is 2. The first-order valence-electron chi connectivity index (χ1n) is 6.91. The van der Waals surface area contributed by atoms with Gasteiger partial charge in [-0.15, -0.1) is 5.10 Å². The lowest BCUT2D eigenvalue weighted by atomic mass is 10.0. The summed E-state index contributed by atoms with van der Waals surface area (Å²) in [5.74, 6) is 0.246. The van der Waals surface area contributed by atoms with Gasteiger partial charge < -0.3 is 10.6 Å². The van der Waals surface area contributed by atoms with Crippen LogP contribution < -0.4 is 10.6 Å². The lowest BCUT2D eigenvalue weighted by molar-refractivity contribution is -0.121. The van der Waals surface area contributed by atoms with Crippen LogP contribution in [0, 0.1) is 11.3 Å². The second-order valence-electron chi connectivity index (χ2n) is 4.43. The van der Waals surface area contributed by atoms with E-state index in [-0.39, 0.29) is 5.91 Å². The van der Waals surface area contributed by atoms with Gasteiger partial charge in [-0.1, -0.05) is 13.8 Å². The van der Waals surface area contributed by atoms with Gasteiger partial charge in [0.05, 0.1) is 5.69 Å². The van der Waals surface area contributed by atoms with Crippen molar-refractivity contribution in [2.45, 2.75) is 46.6 Å². The first kappa shape index (κ1) is 15.9. The SMILES string of the molecule is CCNC(=O)C(C)Nc1nnc(CC)c(CC)c1C#N. The topological polar surface area (TPSA) is 90.7 Å². The predicted molar refractivity (Wildman–Crippen MR) is 77.3 cm³/mol. The van der Waals surface area contributed by atoms with Gasteiger partial charge in [-0.3, -0.25) is 4.79 Å². The van der Waals surface area contributed by atoms with Crippen molar-refractivity contribution in [3.8, 4) is 6.07 Å². The fourth-order valence-electron chi connectivity index (χ4n) is 1.99. The fraction of sp³-hybridized carbons (Fsp3) is 0.571. The Balaban J connectivity index is 3.08. The quantitative estimate of drug-likeness (QED) is 0.819. The van der Waals surface area contributed by atoms with Crippen molar-refractivity contribution in [1.29, 1.82) is 5.26 Å². The molecule has 0 bridgehead atoms. The van der Waals surface area contributed by atoms with Gasteiger partial charge in [0.25, 0.3) is 0 Å². The van der Waals surface area contributed by atoms with Crippen LogP contribution in [-0.4, -0.2) is 28.7 Å². The molecular formula is C14H21N5O. The largest absolute Gasteiger partial charge is 0.356 e. The van der Waals surface area contributed by atoms with E-state index in [9.17, 15) is 10.1 Å². The van der Waals surface area contributed by atoms with Crippen LogP contribution in [0.2, 0.25) is 0 Å². The monoisotopic (exact) mass is 275 g/mol. The highest BCUT2D eigenvalue weighted by molar-refractivity contribution is 5.84. The number of likely N-dealkylation sites (N-methyl/N-ethyl adjacent to an activating group) is 1. The third-order valence-electron chi connectivity index (χ3n) is 3.06. The Labute approximate surface area is 119 Å². The molecule has 0 aromatic carbocycles. The van der Waals surface area contributed by atoms with Gasteiger partial charge in [0.2, 0.25) is 5.91 Å². The summed E-state index contributed by atoms with van der Waals surface area (Å²) in [6.45, 7) is 8.11. The molecule has 1 unspecified atom stereocenters. The molecule has 2 N–H and O–H groups in total. The average Bonchev–Trinajstić information content (AvgIpc) is 2.46. The molecule has 6 heteroatoms. The number of carbonyl (C=O) groups excluding carboxylic acids is 1. The molecule has 20 heavy (non-hydrogen) atoms. The Kier molecular flexibility index (Phi) is 5.91. The van der Waals surface area contributed by atoms with E-state index in [0.29, 0.717) is 24.3 Å². The fourth-order valence-corrected chi connectivity index (χ4v) is 1.99. The lowest BCUT2D eigenvalue weighted by Gasteiger charge is -2.16. The summed E-state index contributed by atoms with van der Waals surface area (Å²) >= 11 is 0. The van der Waals surface area contributed by atoms with Crippen LogP contribution in [-0.2, 0) is 17.6 Å². The number of hydrogen-bond donors (Lipinski definition) is 2. The number of hydrogen-bond acceptors (Lipinski definition) is 5. The molecule has 1 aromatic rings. The maximum Gasteiger partial charge on any atom is 0.242 e. The molecule has 0 aliphatic carbocycles. The molecule has 0 radical (unpaired) electrons. The van der Waals surface area contributed by atoms with Crippen LogP contribution in [0.5, 0.6) is 0 Å². The summed E-state index contributed by atoms with van der Waals surface area (Å²) in [5, 5.41) is 23.2. The van der Waals surface area contributed by atoms with Crippen LogP contribution in [0.3, 0.4) is 0 Å². The van der Waals surface area contributed by atoms with E-state index in [4.69, 9.17) is 0 Å². The summed E-state index contributed by atoms with van der Waals surface area (Å²) in [5.41, 5.74) is 2.21. The maximum absolute atomic E-state index is 11.7. The summed E-state index contributed by atoms with van der Waals surface area (Å²) in [6, 6.07) is 1.71. The average molecular weight is 275 g/mol. The Bertz CT molecular complexity index is 521. The molecule has 0 saturated carbocycles. The van der Waals surface area contributed by atoms with Crippen molar-refractivity contribution in [2.75, 3.05) is 11.9 Å². The normalized spacial score (nSPS) is 11.6. The number of aryl methyl sites for hydroxylation is 1. The highest BCUT2D eigenvalue weighted by atomic mass is 16.2. The number of rotatable bonds is 6. The van der Waals surface area contributed by atoms with Crippen LogP contribution in [0.4, 0.5) is 5.82 Å². The number of nitrogens with zero attached hydrogens (tertiary/aromatic N) is 3. The number of amides is 1. The smallest absolute Gasteiger partial charge is 0.242 e. The van der Waals surface area contributed by atoms with Crippen molar-refractivity contribution in [3.63, 3.8) is 0 Å². The lowest BCUT2D eigenvalue weighted by Crippen LogP contribution is -2.37. The minimum absolute atomic E-state index is 0.129. The van der Waals surface area contributed by atoms with E-state index in [1.165, 1.54) is 0 Å². The van der Waals surface area contributed by atoms with Gasteiger partial charge in [0, 0.05) is 6.54 Å². The second kappa shape index (κ2) is 7.43. The zero-order chi connectivity index (χ0) is 15.1. The van der Waals surface area contributed by atoms with Gasteiger partial charge in [-0.25, -0.2) is 0 Å². The molecule has 1 amide bonds. The standard InChI is InChI=1S/C14H21N5O/c1-5-10-11(8-15)13(19-18-12(10)6-2)17-9(4)14(20)16-7-3/h9H,5-7H2,1-4H3,(H,16,20)(H,17,19). The molecule has 1 heterocycles. The maximum atomic E-state index is 11.7. The minimum Gasteiger partial charge on any atom is -0.356 e. The number of carbonyl (C=O) groups is 1. The molecule has 0 fully saturated rings. The zero-order valence-electron chi connectivity index (χ0n) is 12.4. The summed E-state index contributed by atoms with van der Waals surface area (Å²) < 4.78 is 0. The van der Waals surface area contributed by atoms with Gasteiger partial charge in [0.15, 0.2) is 5.82 Å². The van der Waals surface area contributed by atoms with Crippen LogP contribution in [0.15, 0.2) is 0 Å². The molecule has 0 aliphatic heterocycles. The van der Waals surface area contributed by atoms with E-state index in [2.05, 4.69) is 26.9 Å². The van der Waals surface area contributed by atoms with Crippen molar-refractivity contribution < 1.29 is 4.79 Å². The molecular weight excluding hydrogens is 254 g/mol. The van der Waals surface area contributed by atoms with Crippen molar-refractivity contribution >= 4 is 11.7 Å². The van der Waals surface area contributed by atoms with Crippen LogP contribution in [0.1, 0.15) is 44.5 Å². The third-order valence-corrected chi connectivity index (χ3v) is 3.06. The molecule has 1 rings (SSSR count). The molecule has 0 saturated heterocycles. The molecule has 1 aromatic heterocycles. The number of nitriles is 1.